The van der Waals surface area contributed by atoms with E-state index in [9.17, 15) is 23.5 Å². The van der Waals surface area contributed by atoms with E-state index in [2.05, 4.69) is 4.74 Å². The number of halogens is 2. The molecule has 0 spiro atoms. The Balaban J connectivity index is 2.44. The van der Waals surface area contributed by atoms with E-state index >= 15 is 0 Å². The molecule has 0 radical (unpaired) electrons. The number of ether oxygens (including phenoxy) is 1. The van der Waals surface area contributed by atoms with Gasteiger partial charge in [-0.3, -0.25) is 9.36 Å². The van der Waals surface area contributed by atoms with E-state index < -0.39 is 23.6 Å². The number of nitrogen functional groups attached to an aromatic ring is 1. The van der Waals surface area contributed by atoms with Gasteiger partial charge in [-0.1, -0.05) is 24.3 Å². The molecular formula is C21H20F2N2O4. The molecule has 0 bridgehead atoms. The molecule has 1 heterocycles. The van der Waals surface area contributed by atoms with Crippen LogP contribution in [0.5, 0.6) is 0 Å². The molecule has 152 valence electrons. The van der Waals surface area contributed by atoms with Crippen molar-refractivity contribution in [3.05, 3.63) is 69.5 Å². The Hall–Kier alpha value is -3.26. The van der Waals surface area contributed by atoms with Crippen LogP contribution in [-0.2, 0) is 10.7 Å². The number of rotatable bonds is 4. The number of hydrogen-bond donors (Lipinski definition) is 2. The molecule has 6 nitrogen and oxygen atoms in total. The van der Waals surface area contributed by atoms with Crippen LogP contribution in [0, 0.1) is 0 Å². The molecule has 0 saturated carbocycles. The maximum atomic E-state index is 13.9. The van der Waals surface area contributed by atoms with E-state index in [-0.39, 0.29) is 27.7 Å². The molecule has 1 aromatic heterocycles. The standard InChI is InChI=1S/C21H20F2N2O4/c1-11(26)12-4-7-14(8-5-12)25-16-10-13(21(2,22)23)6-9-15(16)18(24)17(19(25)27)20(28)29-3/h4-11,26H,24H2,1-3H3/t11-/m1/s1. The predicted molar refractivity (Wildman–Crippen MR) is 105 cm³/mol. The number of alkyl halides is 2. The topological polar surface area (TPSA) is 94.6 Å². The average molecular weight is 402 g/mol. The van der Waals surface area contributed by atoms with E-state index in [0.29, 0.717) is 11.3 Å². The number of aromatic nitrogens is 1. The fourth-order valence-corrected chi connectivity index (χ4v) is 3.15. The maximum Gasteiger partial charge on any atom is 0.345 e. The summed E-state index contributed by atoms with van der Waals surface area (Å²) in [6.07, 6.45) is -0.722. The summed E-state index contributed by atoms with van der Waals surface area (Å²) in [5, 5.41) is 9.95. The maximum absolute atomic E-state index is 13.9. The number of nitrogens with zero attached hydrogens (tertiary/aromatic N) is 1. The number of aliphatic hydroxyl groups is 1. The van der Waals surface area contributed by atoms with Crippen molar-refractivity contribution in [1.29, 1.82) is 0 Å². The van der Waals surface area contributed by atoms with Crippen molar-refractivity contribution in [3.8, 4) is 5.69 Å². The van der Waals surface area contributed by atoms with Gasteiger partial charge in [-0.2, -0.15) is 0 Å². The van der Waals surface area contributed by atoms with Crippen LogP contribution in [0.1, 0.15) is 41.4 Å². The van der Waals surface area contributed by atoms with Crippen molar-refractivity contribution in [2.24, 2.45) is 0 Å². The molecule has 0 unspecified atom stereocenters. The Bertz CT molecular complexity index is 1150. The highest BCUT2D eigenvalue weighted by atomic mass is 19.3. The van der Waals surface area contributed by atoms with Crippen molar-refractivity contribution < 1.29 is 23.4 Å². The summed E-state index contributed by atoms with van der Waals surface area (Å²) in [7, 11) is 1.12. The normalized spacial score (nSPS) is 12.8. The van der Waals surface area contributed by atoms with Crippen molar-refractivity contribution in [2.75, 3.05) is 12.8 Å². The molecule has 29 heavy (non-hydrogen) atoms. The van der Waals surface area contributed by atoms with Crippen LogP contribution in [-0.4, -0.2) is 22.8 Å². The van der Waals surface area contributed by atoms with Gasteiger partial charge in [0, 0.05) is 23.6 Å². The van der Waals surface area contributed by atoms with Crippen LogP contribution in [0.25, 0.3) is 16.6 Å². The second kappa shape index (κ2) is 7.29. The van der Waals surface area contributed by atoms with Crippen LogP contribution >= 0.6 is 0 Å². The zero-order valence-corrected chi connectivity index (χ0v) is 16.1. The van der Waals surface area contributed by atoms with Gasteiger partial charge in [0.25, 0.3) is 11.5 Å². The number of pyridine rings is 1. The van der Waals surface area contributed by atoms with E-state index in [0.717, 1.165) is 18.6 Å². The largest absolute Gasteiger partial charge is 0.465 e. The molecular weight excluding hydrogens is 382 g/mol. The molecule has 0 fully saturated rings. The number of benzene rings is 2. The van der Waals surface area contributed by atoms with Gasteiger partial charge in [0.2, 0.25) is 0 Å². The highest BCUT2D eigenvalue weighted by Crippen LogP contribution is 2.32. The van der Waals surface area contributed by atoms with Gasteiger partial charge < -0.3 is 15.6 Å². The van der Waals surface area contributed by atoms with E-state index in [1.165, 1.54) is 18.2 Å². The zero-order valence-electron chi connectivity index (χ0n) is 16.1. The summed E-state index contributed by atoms with van der Waals surface area (Å²) < 4.78 is 33.6. The van der Waals surface area contributed by atoms with Crippen LogP contribution in [0.3, 0.4) is 0 Å². The van der Waals surface area contributed by atoms with Gasteiger partial charge in [0.1, 0.15) is 5.56 Å². The van der Waals surface area contributed by atoms with Crippen LogP contribution in [0.2, 0.25) is 0 Å². The number of hydrogen-bond acceptors (Lipinski definition) is 5. The lowest BCUT2D eigenvalue weighted by molar-refractivity contribution is 0.0175. The second-order valence-electron chi connectivity index (χ2n) is 6.81. The minimum atomic E-state index is -3.14. The fraction of sp³-hybridized carbons (Fsp3) is 0.238. The Kier molecular flexibility index (Phi) is 5.15. The number of carbonyl (C=O) groups excluding carboxylic acids is 1. The molecule has 1 atom stereocenters. The fourth-order valence-electron chi connectivity index (χ4n) is 3.15. The van der Waals surface area contributed by atoms with E-state index in [4.69, 9.17) is 5.73 Å². The average Bonchev–Trinajstić information content (AvgIpc) is 2.67. The van der Waals surface area contributed by atoms with Crippen LogP contribution < -0.4 is 11.3 Å². The summed E-state index contributed by atoms with van der Waals surface area (Å²) in [5.41, 5.74) is 5.48. The van der Waals surface area contributed by atoms with Gasteiger partial charge >= 0.3 is 5.97 Å². The van der Waals surface area contributed by atoms with Gasteiger partial charge in [0.05, 0.1) is 24.4 Å². The SMILES string of the molecule is COC(=O)c1c(N)c2ccc(C(C)(F)F)cc2n(-c2ccc([C@@H](C)O)cc2)c1=O. The summed E-state index contributed by atoms with van der Waals surface area (Å²) >= 11 is 0. The minimum Gasteiger partial charge on any atom is -0.465 e. The highest BCUT2D eigenvalue weighted by molar-refractivity contribution is 6.04. The Labute approximate surface area is 165 Å². The third-order valence-electron chi connectivity index (χ3n) is 4.75. The molecule has 0 saturated heterocycles. The van der Waals surface area contributed by atoms with E-state index in [1.807, 2.05) is 0 Å². The Morgan fingerprint density at radius 3 is 2.34 bits per heavy atom. The summed E-state index contributed by atoms with van der Waals surface area (Å²) in [6.45, 7) is 2.34. The first-order valence-corrected chi connectivity index (χ1v) is 8.79. The summed E-state index contributed by atoms with van der Waals surface area (Å²) in [4.78, 5) is 25.3. The third kappa shape index (κ3) is 3.58. The smallest absolute Gasteiger partial charge is 0.345 e. The molecule has 0 aliphatic rings. The molecule has 0 amide bonds. The minimum absolute atomic E-state index is 0.129. The number of anilines is 1. The van der Waals surface area contributed by atoms with Gasteiger partial charge in [-0.05, 0) is 30.7 Å². The van der Waals surface area contributed by atoms with Crippen molar-refractivity contribution in [1.82, 2.24) is 4.57 Å². The predicted octanol–water partition coefficient (Wildman–Crippen LogP) is 3.52. The van der Waals surface area contributed by atoms with Crippen molar-refractivity contribution in [3.63, 3.8) is 0 Å². The summed E-state index contributed by atoms with van der Waals surface area (Å²) in [6, 6.07) is 10.0. The van der Waals surface area contributed by atoms with Gasteiger partial charge in [0.15, 0.2) is 0 Å². The number of methoxy groups -OCH3 is 1. The lowest BCUT2D eigenvalue weighted by Gasteiger charge is -2.18. The highest BCUT2D eigenvalue weighted by Gasteiger charge is 2.27. The zero-order chi connectivity index (χ0) is 21.5. The molecule has 3 N–H and O–H groups in total. The first kappa shape index (κ1) is 20.5. The monoisotopic (exact) mass is 402 g/mol. The lowest BCUT2D eigenvalue weighted by Crippen LogP contribution is -2.28. The molecule has 3 rings (SSSR count). The molecule has 2 aromatic carbocycles. The molecule has 3 aromatic rings. The Morgan fingerprint density at radius 2 is 1.83 bits per heavy atom. The number of nitrogens with two attached hydrogens (primary N) is 1. The van der Waals surface area contributed by atoms with E-state index in [1.54, 1.807) is 31.2 Å². The number of esters is 1. The lowest BCUT2D eigenvalue weighted by atomic mass is 10.0. The quantitative estimate of drug-likeness (QED) is 0.651. The number of fused-ring (bicyclic) bond motifs is 1. The van der Waals surface area contributed by atoms with Crippen LogP contribution in [0.4, 0.5) is 14.5 Å². The van der Waals surface area contributed by atoms with Crippen LogP contribution in [0.15, 0.2) is 47.3 Å². The van der Waals surface area contributed by atoms with Gasteiger partial charge in [-0.25, -0.2) is 13.6 Å². The summed E-state index contributed by atoms with van der Waals surface area (Å²) in [5.74, 6) is -4.06. The Morgan fingerprint density at radius 1 is 1.21 bits per heavy atom. The van der Waals surface area contributed by atoms with Crippen molar-refractivity contribution >= 4 is 22.6 Å². The molecule has 0 aliphatic heterocycles. The second-order valence-corrected chi connectivity index (χ2v) is 6.81. The van der Waals surface area contributed by atoms with Crippen molar-refractivity contribution in [2.45, 2.75) is 25.9 Å². The first-order chi connectivity index (χ1) is 13.6. The number of carbonyl (C=O) groups is 1. The number of aliphatic hydroxyl groups excluding tert-OH is 1. The molecule has 0 aliphatic carbocycles. The van der Waals surface area contributed by atoms with Gasteiger partial charge in [-0.15, -0.1) is 0 Å². The third-order valence-corrected chi connectivity index (χ3v) is 4.75. The first-order valence-electron chi connectivity index (χ1n) is 8.79. The molecule has 8 heteroatoms.